The molecule has 200 valence electrons. The maximum absolute atomic E-state index is 13.6. The number of amides is 1. The van der Waals surface area contributed by atoms with E-state index in [-0.39, 0.29) is 23.4 Å². The topological polar surface area (TPSA) is 85.9 Å². The second-order valence-electron chi connectivity index (χ2n) is 9.99. The monoisotopic (exact) mass is 515 g/mol. The number of aryl methyl sites for hydroxylation is 1. The first-order valence-electron chi connectivity index (χ1n) is 13.1. The van der Waals surface area contributed by atoms with Crippen molar-refractivity contribution in [2.75, 3.05) is 61.9 Å². The van der Waals surface area contributed by atoms with Crippen molar-refractivity contribution >= 4 is 29.2 Å². The predicted molar refractivity (Wildman–Crippen MR) is 139 cm³/mol. The van der Waals surface area contributed by atoms with Gasteiger partial charge in [0.15, 0.2) is 0 Å². The summed E-state index contributed by atoms with van der Waals surface area (Å²) < 4.78 is 32.3. The minimum Gasteiger partial charge on any atom is -0.449 e. The Bertz CT molecular complexity index is 1120. The predicted octanol–water partition coefficient (Wildman–Crippen LogP) is 4.26. The molecule has 2 N–H and O–H groups in total. The van der Waals surface area contributed by atoms with E-state index >= 15 is 0 Å². The van der Waals surface area contributed by atoms with Gasteiger partial charge in [0.1, 0.15) is 5.82 Å². The van der Waals surface area contributed by atoms with Gasteiger partial charge in [-0.15, -0.1) is 0 Å². The van der Waals surface area contributed by atoms with Gasteiger partial charge in [0.05, 0.1) is 12.2 Å². The summed E-state index contributed by atoms with van der Waals surface area (Å²) in [6.07, 6.45) is 1.55. The van der Waals surface area contributed by atoms with Gasteiger partial charge in [0.2, 0.25) is 5.95 Å². The molecule has 0 aliphatic carbocycles. The molecule has 1 aromatic carbocycles. The molecule has 1 aromatic heterocycles. The highest BCUT2D eigenvalue weighted by molar-refractivity contribution is 5.68. The van der Waals surface area contributed by atoms with Gasteiger partial charge in [-0.3, -0.25) is 4.90 Å². The average Bonchev–Trinajstić information content (AvgIpc) is 3.47. The number of cyclic esters (lactones) is 1. The third-order valence-corrected chi connectivity index (χ3v) is 7.57. The smallest absolute Gasteiger partial charge is 0.409 e. The summed E-state index contributed by atoms with van der Waals surface area (Å²) in [6, 6.07) is 7.52. The van der Waals surface area contributed by atoms with E-state index in [9.17, 15) is 13.6 Å². The molecule has 2 atom stereocenters. The lowest BCUT2D eigenvalue weighted by Gasteiger charge is -2.34. The van der Waals surface area contributed by atoms with Crippen LogP contribution in [-0.2, 0) is 11.2 Å². The molecule has 1 amide bonds. The number of ether oxygens (including phenoxy) is 1. The van der Waals surface area contributed by atoms with Crippen LogP contribution in [0.15, 0.2) is 24.4 Å². The van der Waals surface area contributed by atoms with E-state index in [4.69, 9.17) is 4.74 Å². The SMILES string of the molecule is CCc1cc(N2C[C@@H]3C[C@H]2CN3C)ccc1Nc1ncc(C(F)F)c(NCCCN2CCCOC2=O)n1. The first-order chi connectivity index (χ1) is 17.9. The first-order valence-corrected chi connectivity index (χ1v) is 13.1. The molecule has 37 heavy (non-hydrogen) atoms. The number of likely N-dealkylation sites (N-methyl/N-ethyl adjacent to an activating group) is 1. The molecule has 3 aliphatic rings. The zero-order valence-electron chi connectivity index (χ0n) is 21.4. The summed E-state index contributed by atoms with van der Waals surface area (Å²) in [4.78, 5) is 26.9. The van der Waals surface area contributed by atoms with E-state index in [0.717, 1.165) is 37.2 Å². The van der Waals surface area contributed by atoms with Crippen molar-refractivity contribution in [3.63, 3.8) is 0 Å². The number of anilines is 4. The van der Waals surface area contributed by atoms with Crippen LogP contribution in [0.3, 0.4) is 0 Å². The second kappa shape index (κ2) is 11.0. The van der Waals surface area contributed by atoms with Crippen LogP contribution >= 0.6 is 0 Å². The molecule has 3 aliphatic heterocycles. The van der Waals surface area contributed by atoms with E-state index < -0.39 is 6.43 Å². The zero-order chi connectivity index (χ0) is 25.9. The van der Waals surface area contributed by atoms with Crippen LogP contribution in [0, 0.1) is 0 Å². The number of fused-ring (bicyclic) bond motifs is 2. The number of hydrogen-bond donors (Lipinski definition) is 2. The number of nitrogens with one attached hydrogen (secondary N) is 2. The second-order valence-corrected chi connectivity index (χ2v) is 9.99. The number of halogens is 2. The number of hydrogen-bond acceptors (Lipinski definition) is 8. The van der Waals surface area contributed by atoms with E-state index in [1.54, 1.807) is 4.90 Å². The molecule has 3 fully saturated rings. The lowest BCUT2D eigenvalue weighted by Crippen LogP contribution is -2.44. The van der Waals surface area contributed by atoms with Gasteiger partial charge in [-0.25, -0.2) is 18.6 Å². The fourth-order valence-electron chi connectivity index (χ4n) is 5.51. The highest BCUT2D eigenvalue weighted by Crippen LogP contribution is 2.36. The summed E-state index contributed by atoms with van der Waals surface area (Å²) in [7, 11) is 2.19. The molecule has 4 heterocycles. The van der Waals surface area contributed by atoms with Crippen molar-refractivity contribution in [3.8, 4) is 0 Å². The third-order valence-electron chi connectivity index (χ3n) is 7.57. The molecular formula is C26H35F2N7O2. The zero-order valence-corrected chi connectivity index (χ0v) is 21.4. The molecule has 3 saturated heterocycles. The van der Waals surface area contributed by atoms with Gasteiger partial charge in [-0.1, -0.05) is 6.92 Å². The minimum absolute atomic E-state index is 0.0978. The summed E-state index contributed by atoms with van der Waals surface area (Å²) in [5, 5.41) is 6.24. The average molecular weight is 516 g/mol. The fraction of sp³-hybridized carbons (Fsp3) is 0.577. The number of carbonyl (C=O) groups excluding carboxylic acids is 1. The Balaban J connectivity index is 1.25. The minimum atomic E-state index is -2.70. The quantitative estimate of drug-likeness (QED) is 0.454. The van der Waals surface area contributed by atoms with Crippen LogP contribution < -0.4 is 15.5 Å². The fourth-order valence-corrected chi connectivity index (χ4v) is 5.51. The molecule has 0 saturated carbocycles. The van der Waals surface area contributed by atoms with E-state index in [1.165, 1.54) is 18.3 Å². The molecule has 2 aromatic rings. The Morgan fingerprint density at radius 2 is 2.11 bits per heavy atom. The molecule has 11 heteroatoms. The van der Waals surface area contributed by atoms with Crippen LogP contribution in [0.25, 0.3) is 0 Å². The standard InChI is InChI=1S/C26H35F2N7O2/c1-3-17-12-18(35-16-19-13-20(35)15-33(19)2)6-7-22(17)31-25-30-14-21(23(27)28)24(32-25)29-8-4-9-34-10-5-11-37-26(34)36/h6-7,12,14,19-20,23H,3-5,8-11,13,15-16H2,1-2H3,(H2,29,30,31,32)/t19-,20-/m0/s1. The molecule has 0 radical (unpaired) electrons. The normalized spacial score (nSPS) is 21.6. The number of nitrogens with zero attached hydrogens (tertiary/aromatic N) is 5. The summed E-state index contributed by atoms with van der Waals surface area (Å²) in [5.41, 5.74) is 2.96. The number of rotatable bonds is 10. The molecule has 9 nitrogen and oxygen atoms in total. The summed E-state index contributed by atoms with van der Waals surface area (Å²) >= 11 is 0. The van der Waals surface area contributed by atoms with Crippen LogP contribution in [-0.4, -0.2) is 84.3 Å². The Morgan fingerprint density at radius 3 is 2.81 bits per heavy atom. The highest BCUT2D eigenvalue weighted by atomic mass is 19.3. The third kappa shape index (κ3) is 5.56. The molecule has 0 unspecified atom stereocenters. The van der Waals surface area contributed by atoms with Gasteiger partial charge in [0.25, 0.3) is 6.43 Å². The lowest BCUT2D eigenvalue weighted by atomic mass is 10.1. The van der Waals surface area contributed by atoms with Gasteiger partial charge >= 0.3 is 6.09 Å². The first kappa shape index (κ1) is 25.4. The Morgan fingerprint density at radius 1 is 1.24 bits per heavy atom. The van der Waals surface area contributed by atoms with Crippen molar-refractivity contribution < 1.29 is 18.3 Å². The highest BCUT2D eigenvalue weighted by Gasteiger charge is 2.41. The number of aromatic nitrogens is 2. The van der Waals surface area contributed by atoms with Gasteiger partial charge < -0.3 is 25.2 Å². The van der Waals surface area contributed by atoms with Crippen molar-refractivity contribution in [1.82, 2.24) is 19.8 Å². The van der Waals surface area contributed by atoms with Gasteiger partial charge in [-0.05, 0) is 56.5 Å². The van der Waals surface area contributed by atoms with Gasteiger partial charge in [-0.2, -0.15) is 4.98 Å². The van der Waals surface area contributed by atoms with Crippen molar-refractivity contribution in [1.29, 1.82) is 0 Å². The van der Waals surface area contributed by atoms with E-state index in [0.29, 0.717) is 44.7 Å². The molecule has 2 bridgehead atoms. The van der Waals surface area contributed by atoms with Crippen LogP contribution in [0.4, 0.5) is 36.7 Å². The van der Waals surface area contributed by atoms with Gasteiger partial charge in [0, 0.05) is 62.4 Å². The number of likely N-dealkylation sites (tertiary alicyclic amines) is 1. The Labute approximate surface area is 216 Å². The molecular weight excluding hydrogens is 480 g/mol. The van der Waals surface area contributed by atoms with E-state index in [1.807, 2.05) is 6.07 Å². The Hall–Kier alpha value is -3.21. The van der Waals surface area contributed by atoms with Crippen LogP contribution in [0.5, 0.6) is 0 Å². The maximum Gasteiger partial charge on any atom is 0.409 e. The number of alkyl halides is 2. The van der Waals surface area contributed by atoms with Crippen LogP contribution in [0.2, 0.25) is 0 Å². The number of benzene rings is 1. The Kier molecular flexibility index (Phi) is 7.59. The number of carbonyl (C=O) groups is 1. The van der Waals surface area contributed by atoms with Crippen molar-refractivity contribution in [3.05, 3.63) is 35.5 Å². The maximum atomic E-state index is 13.6. The summed E-state index contributed by atoms with van der Waals surface area (Å²) in [5.74, 6) is 0.358. The number of piperazine rings is 1. The van der Waals surface area contributed by atoms with Crippen LogP contribution in [0.1, 0.15) is 43.7 Å². The van der Waals surface area contributed by atoms with Crippen molar-refractivity contribution in [2.45, 2.75) is 51.1 Å². The van der Waals surface area contributed by atoms with Crippen molar-refractivity contribution in [2.24, 2.45) is 0 Å². The lowest BCUT2D eigenvalue weighted by molar-refractivity contribution is 0.0729. The summed E-state index contributed by atoms with van der Waals surface area (Å²) in [6.45, 7) is 6.21. The molecule has 0 spiro atoms. The molecule has 5 rings (SSSR count). The largest absolute Gasteiger partial charge is 0.449 e. The van der Waals surface area contributed by atoms with E-state index in [2.05, 4.69) is 56.5 Å².